The maximum absolute atomic E-state index is 10.9. The molecule has 124 valence electrons. The van der Waals surface area contributed by atoms with Crippen molar-refractivity contribution >= 4 is 22.7 Å². The highest BCUT2D eigenvalue weighted by Crippen LogP contribution is 2.41. The van der Waals surface area contributed by atoms with Crippen molar-refractivity contribution in [3.8, 4) is 11.5 Å². The predicted molar refractivity (Wildman–Crippen MR) is 83.2 cm³/mol. The van der Waals surface area contributed by atoms with Gasteiger partial charge in [-0.15, -0.1) is 10.2 Å². The standard InChI is InChI=1S/C14H12N4O6/c1-7-3-8(2)13(19)10(4-7)15-16-11-5-9(17(21)22)6-12(14(11)20)18(23)24/h3-6,19-20H,1-2H3. The molecule has 24 heavy (non-hydrogen) atoms. The molecular formula is C14H12N4O6. The van der Waals surface area contributed by atoms with Crippen molar-refractivity contribution < 1.29 is 20.1 Å². The van der Waals surface area contributed by atoms with Crippen LogP contribution < -0.4 is 0 Å². The van der Waals surface area contributed by atoms with Crippen LogP contribution in [-0.2, 0) is 0 Å². The summed E-state index contributed by atoms with van der Waals surface area (Å²) in [6.45, 7) is 3.41. The van der Waals surface area contributed by atoms with Crippen molar-refractivity contribution in [1.82, 2.24) is 0 Å². The Bertz CT molecular complexity index is 878. The minimum atomic E-state index is -0.963. The van der Waals surface area contributed by atoms with Gasteiger partial charge >= 0.3 is 5.69 Å². The predicted octanol–water partition coefficient (Wildman–Crippen LogP) is 3.95. The lowest BCUT2D eigenvalue weighted by Gasteiger charge is -2.04. The van der Waals surface area contributed by atoms with E-state index in [9.17, 15) is 30.4 Å². The van der Waals surface area contributed by atoms with E-state index in [1.165, 1.54) is 6.07 Å². The van der Waals surface area contributed by atoms with E-state index < -0.39 is 32.7 Å². The normalized spacial score (nSPS) is 10.9. The Morgan fingerprint density at radius 2 is 1.46 bits per heavy atom. The van der Waals surface area contributed by atoms with Gasteiger partial charge in [0.2, 0.25) is 5.75 Å². The summed E-state index contributed by atoms with van der Waals surface area (Å²) in [7, 11) is 0. The molecule has 0 heterocycles. The van der Waals surface area contributed by atoms with Gasteiger partial charge in [0, 0.05) is 6.07 Å². The van der Waals surface area contributed by atoms with Crippen molar-refractivity contribution in [2.75, 3.05) is 0 Å². The number of phenols is 2. The number of nitro groups is 2. The van der Waals surface area contributed by atoms with Gasteiger partial charge in [0.25, 0.3) is 5.69 Å². The summed E-state index contributed by atoms with van der Waals surface area (Å²) in [6, 6.07) is 4.70. The Kier molecular flexibility index (Phi) is 4.40. The van der Waals surface area contributed by atoms with Gasteiger partial charge in [0.15, 0.2) is 0 Å². The van der Waals surface area contributed by atoms with E-state index in [-0.39, 0.29) is 11.4 Å². The molecule has 0 atom stereocenters. The van der Waals surface area contributed by atoms with Crippen LogP contribution in [0.3, 0.4) is 0 Å². The summed E-state index contributed by atoms with van der Waals surface area (Å²) in [6.07, 6.45) is 0. The highest BCUT2D eigenvalue weighted by molar-refractivity contribution is 5.68. The number of nitrogens with zero attached hydrogens (tertiary/aromatic N) is 4. The topological polar surface area (TPSA) is 151 Å². The van der Waals surface area contributed by atoms with Crippen LogP contribution in [0.15, 0.2) is 34.5 Å². The third-order valence-electron chi connectivity index (χ3n) is 3.15. The van der Waals surface area contributed by atoms with E-state index in [2.05, 4.69) is 10.2 Å². The molecule has 0 aromatic heterocycles. The average molecular weight is 332 g/mol. The summed E-state index contributed by atoms with van der Waals surface area (Å²) in [4.78, 5) is 19.9. The van der Waals surface area contributed by atoms with Crippen molar-refractivity contribution in [1.29, 1.82) is 0 Å². The van der Waals surface area contributed by atoms with Crippen molar-refractivity contribution in [2.45, 2.75) is 13.8 Å². The number of aryl methyl sites for hydroxylation is 2. The molecular weight excluding hydrogens is 320 g/mol. The molecule has 0 amide bonds. The number of aromatic hydroxyl groups is 2. The van der Waals surface area contributed by atoms with Crippen LogP contribution in [-0.4, -0.2) is 20.1 Å². The molecule has 2 rings (SSSR count). The number of hydrogen-bond donors (Lipinski definition) is 2. The van der Waals surface area contributed by atoms with Gasteiger partial charge in [-0.2, -0.15) is 0 Å². The van der Waals surface area contributed by atoms with Gasteiger partial charge < -0.3 is 10.2 Å². The molecule has 2 N–H and O–H groups in total. The quantitative estimate of drug-likeness (QED) is 0.491. The molecule has 0 saturated heterocycles. The third kappa shape index (κ3) is 3.27. The first-order valence-corrected chi connectivity index (χ1v) is 6.58. The highest BCUT2D eigenvalue weighted by atomic mass is 16.6. The molecule has 0 bridgehead atoms. The fourth-order valence-corrected chi connectivity index (χ4v) is 2.03. The van der Waals surface area contributed by atoms with Crippen LogP contribution >= 0.6 is 0 Å². The van der Waals surface area contributed by atoms with Gasteiger partial charge in [-0.05, 0) is 31.0 Å². The largest absolute Gasteiger partial charge is 0.505 e. The van der Waals surface area contributed by atoms with Crippen molar-refractivity contribution in [2.24, 2.45) is 10.2 Å². The summed E-state index contributed by atoms with van der Waals surface area (Å²) in [5, 5.41) is 48.8. The lowest BCUT2D eigenvalue weighted by molar-refractivity contribution is -0.394. The van der Waals surface area contributed by atoms with Crippen molar-refractivity contribution in [3.05, 3.63) is 55.6 Å². The summed E-state index contributed by atoms with van der Waals surface area (Å²) in [5.41, 5.74) is -0.525. The maximum atomic E-state index is 10.9. The zero-order valence-corrected chi connectivity index (χ0v) is 12.6. The number of azo groups is 1. The van der Waals surface area contributed by atoms with E-state index in [4.69, 9.17) is 0 Å². The molecule has 0 aliphatic rings. The first kappa shape index (κ1) is 16.8. The van der Waals surface area contributed by atoms with E-state index in [0.29, 0.717) is 11.6 Å². The van der Waals surface area contributed by atoms with Crippen LogP contribution in [0.1, 0.15) is 11.1 Å². The number of nitro benzene ring substituents is 2. The fourth-order valence-electron chi connectivity index (χ4n) is 2.03. The van der Waals surface area contributed by atoms with Crippen LogP contribution in [0, 0.1) is 34.1 Å². The Balaban J connectivity index is 2.57. The fraction of sp³-hybridized carbons (Fsp3) is 0.143. The smallest absolute Gasteiger partial charge is 0.319 e. The minimum absolute atomic E-state index is 0.0704. The molecule has 0 aliphatic heterocycles. The van der Waals surface area contributed by atoms with Gasteiger partial charge in [-0.25, -0.2) is 0 Å². The highest BCUT2D eigenvalue weighted by Gasteiger charge is 2.24. The van der Waals surface area contributed by atoms with Crippen LogP contribution in [0.25, 0.3) is 0 Å². The summed E-state index contributed by atoms with van der Waals surface area (Å²) < 4.78 is 0. The maximum Gasteiger partial charge on any atom is 0.319 e. The first-order chi connectivity index (χ1) is 11.2. The van der Waals surface area contributed by atoms with E-state index in [0.717, 1.165) is 11.6 Å². The number of rotatable bonds is 4. The molecule has 0 saturated carbocycles. The Labute approximate surface area is 135 Å². The molecule has 2 aromatic carbocycles. The van der Waals surface area contributed by atoms with Crippen LogP contribution in [0.5, 0.6) is 11.5 Å². The van der Waals surface area contributed by atoms with Gasteiger partial charge in [0.05, 0.1) is 15.9 Å². The SMILES string of the molecule is Cc1cc(C)c(O)c(N=Nc2cc([N+](=O)[O-])cc([N+](=O)[O-])c2O)c1. The van der Waals surface area contributed by atoms with Gasteiger partial charge in [-0.3, -0.25) is 20.2 Å². The van der Waals surface area contributed by atoms with Gasteiger partial charge in [-0.1, -0.05) is 6.07 Å². The Morgan fingerprint density at radius 3 is 2.00 bits per heavy atom. The zero-order valence-electron chi connectivity index (χ0n) is 12.6. The second kappa shape index (κ2) is 6.28. The second-order valence-electron chi connectivity index (χ2n) is 5.00. The number of non-ortho nitro benzene ring substituents is 1. The Hall–Kier alpha value is -3.56. The lowest BCUT2D eigenvalue weighted by Crippen LogP contribution is -1.93. The van der Waals surface area contributed by atoms with E-state index in [1.807, 2.05) is 0 Å². The monoisotopic (exact) mass is 332 g/mol. The molecule has 0 unspecified atom stereocenters. The van der Waals surface area contributed by atoms with Gasteiger partial charge in [0.1, 0.15) is 17.1 Å². The molecule has 0 spiro atoms. The van der Waals surface area contributed by atoms with E-state index in [1.54, 1.807) is 19.9 Å². The number of phenolic OH excluding ortho intramolecular Hbond substituents is 2. The number of benzene rings is 2. The summed E-state index contributed by atoms with van der Waals surface area (Å²) in [5.74, 6) is -0.998. The molecule has 10 heteroatoms. The summed E-state index contributed by atoms with van der Waals surface area (Å²) >= 11 is 0. The third-order valence-corrected chi connectivity index (χ3v) is 3.15. The molecule has 2 aromatic rings. The van der Waals surface area contributed by atoms with Crippen molar-refractivity contribution in [3.63, 3.8) is 0 Å². The molecule has 0 radical (unpaired) electrons. The zero-order chi connectivity index (χ0) is 18.0. The van der Waals surface area contributed by atoms with Crippen LogP contribution in [0.4, 0.5) is 22.7 Å². The van der Waals surface area contributed by atoms with E-state index >= 15 is 0 Å². The first-order valence-electron chi connectivity index (χ1n) is 6.58. The lowest BCUT2D eigenvalue weighted by atomic mass is 10.1. The second-order valence-corrected chi connectivity index (χ2v) is 5.00. The number of hydrogen-bond acceptors (Lipinski definition) is 8. The Morgan fingerprint density at radius 1 is 0.875 bits per heavy atom. The average Bonchev–Trinajstić information content (AvgIpc) is 2.49. The molecule has 0 fully saturated rings. The van der Waals surface area contributed by atoms with Crippen LogP contribution in [0.2, 0.25) is 0 Å². The minimum Gasteiger partial charge on any atom is -0.505 e. The molecule has 10 nitrogen and oxygen atoms in total. The molecule has 0 aliphatic carbocycles.